The van der Waals surface area contributed by atoms with E-state index >= 15 is 0 Å². The van der Waals surface area contributed by atoms with E-state index in [9.17, 15) is 9.59 Å². The SMILES string of the molecule is CC(C)C[C@@H]1N=C2c3ccccc3N=C(S[C@@H](C)C(=O)NCCc3ccccc3)N2C1=O. The molecule has 32 heavy (non-hydrogen) atoms. The number of para-hydroxylation sites is 1. The lowest BCUT2D eigenvalue weighted by Crippen LogP contribution is -2.43. The maximum Gasteiger partial charge on any atom is 0.259 e. The zero-order valence-electron chi connectivity index (χ0n) is 18.6. The Morgan fingerprint density at radius 2 is 1.81 bits per heavy atom. The van der Waals surface area contributed by atoms with E-state index < -0.39 is 11.3 Å². The van der Waals surface area contributed by atoms with Crippen LogP contribution in [-0.4, -0.2) is 45.6 Å². The summed E-state index contributed by atoms with van der Waals surface area (Å²) in [7, 11) is 0. The lowest BCUT2D eigenvalue weighted by Gasteiger charge is -2.27. The van der Waals surface area contributed by atoms with E-state index in [1.54, 1.807) is 4.90 Å². The van der Waals surface area contributed by atoms with E-state index in [1.165, 1.54) is 17.3 Å². The average Bonchev–Trinajstić information content (AvgIpc) is 3.10. The number of amidine groups is 2. The summed E-state index contributed by atoms with van der Waals surface area (Å²) >= 11 is 1.30. The number of nitrogens with zero attached hydrogens (tertiary/aromatic N) is 3. The van der Waals surface area contributed by atoms with Crippen LogP contribution in [0.1, 0.15) is 38.3 Å². The molecule has 0 saturated carbocycles. The third-order valence-electron chi connectivity index (χ3n) is 5.45. The molecule has 0 aromatic heterocycles. The number of amides is 2. The van der Waals surface area contributed by atoms with Gasteiger partial charge < -0.3 is 5.32 Å². The highest BCUT2D eigenvalue weighted by molar-refractivity contribution is 8.15. The van der Waals surface area contributed by atoms with Gasteiger partial charge in [0.2, 0.25) is 5.91 Å². The van der Waals surface area contributed by atoms with Crippen molar-refractivity contribution in [3.63, 3.8) is 0 Å². The van der Waals surface area contributed by atoms with Crippen molar-refractivity contribution in [2.75, 3.05) is 6.54 Å². The first-order chi connectivity index (χ1) is 15.4. The Balaban J connectivity index is 1.47. The molecule has 2 atom stereocenters. The van der Waals surface area contributed by atoms with Crippen LogP contribution in [0.25, 0.3) is 0 Å². The van der Waals surface area contributed by atoms with Gasteiger partial charge in [0, 0.05) is 12.1 Å². The monoisotopic (exact) mass is 448 g/mol. The highest BCUT2D eigenvalue weighted by atomic mass is 32.2. The third kappa shape index (κ3) is 4.78. The standard InChI is InChI=1S/C25H28N4O2S/c1-16(2)15-21-24(31)29-22(27-21)19-11-7-8-12-20(19)28-25(29)32-17(3)23(30)26-14-13-18-9-5-4-6-10-18/h4-12,16-17,21H,13-15H2,1-3H3,(H,26,30)/t17-,21-/m0/s1. The quantitative estimate of drug-likeness (QED) is 0.691. The summed E-state index contributed by atoms with van der Waals surface area (Å²) in [5.74, 6) is 0.861. The molecule has 0 fully saturated rings. The fraction of sp³-hybridized carbons (Fsp3) is 0.360. The third-order valence-corrected chi connectivity index (χ3v) is 6.50. The van der Waals surface area contributed by atoms with Crippen LogP contribution in [0.3, 0.4) is 0 Å². The first kappa shape index (κ1) is 22.3. The molecule has 4 rings (SSSR count). The zero-order chi connectivity index (χ0) is 22.7. The average molecular weight is 449 g/mol. The number of nitrogens with one attached hydrogen (secondary N) is 1. The molecule has 6 nitrogen and oxygen atoms in total. The van der Waals surface area contributed by atoms with E-state index in [0.29, 0.717) is 29.9 Å². The van der Waals surface area contributed by atoms with Crippen LogP contribution < -0.4 is 5.32 Å². The first-order valence-corrected chi connectivity index (χ1v) is 11.9. The van der Waals surface area contributed by atoms with E-state index in [1.807, 2.05) is 61.5 Å². The second kappa shape index (κ2) is 9.69. The number of carbonyl (C=O) groups is 2. The summed E-state index contributed by atoms with van der Waals surface area (Å²) in [6.07, 6.45) is 1.46. The van der Waals surface area contributed by atoms with Crippen LogP contribution in [0.4, 0.5) is 5.69 Å². The molecule has 0 radical (unpaired) electrons. The smallest absolute Gasteiger partial charge is 0.259 e. The Morgan fingerprint density at radius 1 is 1.09 bits per heavy atom. The van der Waals surface area contributed by atoms with Crippen LogP contribution in [-0.2, 0) is 16.0 Å². The van der Waals surface area contributed by atoms with Gasteiger partial charge in [-0.3, -0.25) is 14.6 Å². The molecule has 2 heterocycles. The second-order valence-corrected chi connectivity index (χ2v) is 9.78. The molecule has 0 spiro atoms. The fourth-order valence-corrected chi connectivity index (χ4v) is 4.75. The van der Waals surface area contributed by atoms with Gasteiger partial charge in [0.25, 0.3) is 5.91 Å². The Kier molecular flexibility index (Phi) is 6.74. The minimum absolute atomic E-state index is 0.0638. The van der Waals surface area contributed by atoms with E-state index in [-0.39, 0.29) is 11.8 Å². The van der Waals surface area contributed by atoms with Gasteiger partial charge in [0.05, 0.1) is 10.9 Å². The van der Waals surface area contributed by atoms with Gasteiger partial charge in [-0.25, -0.2) is 9.89 Å². The maximum absolute atomic E-state index is 13.2. The van der Waals surface area contributed by atoms with Crippen LogP contribution in [0, 0.1) is 5.92 Å². The summed E-state index contributed by atoms with van der Waals surface area (Å²) < 4.78 is 0. The molecule has 2 aliphatic rings. The van der Waals surface area contributed by atoms with Gasteiger partial charge >= 0.3 is 0 Å². The number of hydrogen-bond donors (Lipinski definition) is 1. The maximum atomic E-state index is 13.2. The molecule has 2 aromatic carbocycles. The summed E-state index contributed by atoms with van der Waals surface area (Å²) in [6.45, 7) is 6.58. The predicted octanol–water partition coefficient (Wildman–Crippen LogP) is 4.17. The second-order valence-electron chi connectivity index (χ2n) is 8.47. The summed E-state index contributed by atoms with van der Waals surface area (Å²) in [6, 6.07) is 17.4. The molecule has 2 amide bonds. The predicted molar refractivity (Wildman–Crippen MR) is 130 cm³/mol. The largest absolute Gasteiger partial charge is 0.355 e. The van der Waals surface area contributed by atoms with Gasteiger partial charge in [-0.2, -0.15) is 0 Å². The van der Waals surface area contributed by atoms with Crippen molar-refractivity contribution >= 4 is 40.3 Å². The molecule has 0 aliphatic carbocycles. The van der Waals surface area contributed by atoms with Crippen molar-refractivity contribution in [2.45, 2.75) is 44.9 Å². The van der Waals surface area contributed by atoms with Crippen LogP contribution in [0.2, 0.25) is 0 Å². The van der Waals surface area contributed by atoms with Gasteiger partial charge in [-0.1, -0.05) is 68.1 Å². The molecule has 2 aromatic rings. The normalized spacial score (nSPS) is 18.1. The van der Waals surface area contributed by atoms with E-state index in [2.05, 4.69) is 19.2 Å². The molecule has 0 unspecified atom stereocenters. The molecule has 0 bridgehead atoms. The highest BCUT2D eigenvalue weighted by Crippen LogP contribution is 2.35. The number of rotatable bonds is 7. The highest BCUT2D eigenvalue weighted by Gasteiger charge is 2.42. The molecular formula is C25H28N4O2S. The topological polar surface area (TPSA) is 74.1 Å². The first-order valence-electron chi connectivity index (χ1n) is 11.0. The fourth-order valence-electron chi connectivity index (χ4n) is 3.81. The van der Waals surface area contributed by atoms with Crippen molar-refractivity contribution in [3.8, 4) is 0 Å². The molecule has 1 N–H and O–H groups in total. The molecule has 2 aliphatic heterocycles. The van der Waals surface area contributed by atoms with Crippen LogP contribution in [0.5, 0.6) is 0 Å². The summed E-state index contributed by atoms with van der Waals surface area (Å²) in [5, 5.41) is 3.12. The van der Waals surface area contributed by atoms with Crippen LogP contribution >= 0.6 is 11.8 Å². The zero-order valence-corrected chi connectivity index (χ0v) is 19.4. The van der Waals surface area contributed by atoms with Gasteiger partial charge in [-0.15, -0.1) is 0 Å². The van der Waals surface area contributed by atoms with Crippen molar-refractivity contribution in [1.82, 2.24) is 10.2 Å². The molecule has 7 heteroatoms. The lowest BCUT2D eigenvalue weighted by molar-refractivity contribution is -0.125. The summed E-state index contributed by atoms with van der Waals surface area (Å²) in [5.41, 5.74) is 2.82. The minimum atomic E-state index is -0.406. The number of benzene rings is 2. The number of thioether (sulfide) groups is 1. The molecular weight excluding hydrogens is 420 g/mol. The van der Waals surface area contributed by atoms with E-state index in [0.717, 1.165) is 17.7 Å². The van der Waals surface area contributed by atoms with Gasteiger partial charge in [0.15, 0.2) is 5.17 Å². The number of carbonyl (C=O) groups excluding carboxylic acids is 2. The minimum Gasteiger partial charge on any atom is -0.355 e. The number of fused-ring (bicyclic) bond motifs is 3. The van der Waals surface area contributed by atoms with Crippen molar-refractivity contribution in [1.29, 1.82) is 0 Å². The Labute approximate surface area is 193 Å². The molecule has 166 valence electrons. The summed E-state index contributed by atoms with van der Waals surface area (Å²) in [4.78, 5) is 37.0. The van der Waals surface area contributed by atoms with Crippen molar-refractivity contribution < 1.29 is 9.59 Å². The van der Waals surface area contributed by atoms with Crippen molar-refractivity contribution in [3.05, 3.63) is 65.7 Å². The number of aliphatic imine (C=N–C) groups is 2. The van der Waals surface area contributed by atoms with Gasteiger partial charge in [0.1, 0.15) is 11.9 Å². The van der Waals surface area contributed by atoms with Crippen molar-refractivity contribution in [2.24, 2.45) is 15.9 Å². The van der Waals surface area contributed by atoms with Gasteiger partial charge in [-0.05, 0) is 43.4 Å². The Hall–Kier alpha value is -2.93. The lowest BCUT2D eigenvalue weighted by atomic mass is 10.0. The Morgan fingerprint density at radius 3 is 2.56 bits per heavy atom. The van der Waals surface area contributed by atoms with Crippen LogP contribution in [0.15, 0.2) is 64.6 Å². The Bertz CT molecular complexity index is 1060. The molecule has 0 saturated heterocycles. The van der Waals surface area contributed by atoms with E-state index in [4.69, 9.17) is 9.98 Å². The number of hydrogen-bond acceptors (Lipinski definition) is 5.